The van der Waals surface area contributed by atoms with Crippen LogP contribution in [0.25, 0.3) is 32.5 Å². The van der Waals surface area contributed by atoms with E-state index in [1.165, 1.54) is 17.7 Å². The van der Waals surface area contributed by atoms with Crippen LogP contribution in [0.3, 0.4) is 0 Å². The zero-order valence-corrected chi connectivity index (χ0v) is 20.4. The zero-order valence-electron chi connectivity index (χ0n) is 19.6. The maximum Gasteiger partial charge on any atom is 0.225 e. The smallest absolute Gasteiger partial charge is 0.225 e. The van der Waals surface area contributed by atoms with Crippen molar-refractivity contribution in [2.45, 2.75) is 26.2 Å². The number of rotatable bonds is 11. The second-order valence-electron chi connectivity index (χ2n) is 7.96. The van der Waals surface area contributed by atoms with Crippen LogP contribution in [0.5, 0.6) is 0 Å². The van der Waals surface area contributed by atoms with Crippen molar-refractivity contribution >= 4 is 28.8 Å². The maximum absolute atomic E-state index is 12.5. The molecule has 0 aliphatic carbocycles. The molecular formula is C25H27N7O2S. The lowest BCUT2D eigenvalue weighted by atomic mass is 9.97. The number of ether oxygens (including phenoxy) is 1. The highest BCUT2D eigenvalue weighted by molar-refractivity contribution is 7.18. The van der Waals surface area contributed by atoms with E-state index in [-0.39, 0.29) is 18.2 Å². The lowest BCUT2D eigenvalue weighted by Crippen LogP contribution is -2.21. The molecule has 4 rings (SSSR count). The second-order valence-corrected chi connectivity index (χ2v) is 8.96. The van der Waals surface area contributed by atoms with Crippen molar-refractivity contribution in [3.63, 3.8) is 0 Å². The van der Waals surface area contributed by atoms with E-state index < -0.39 is 0 Å². The predicted octanol–water partition coefficient (Wildman–Crippen LogP) is 5.07. The molecule has 0 radical (unpaired) electrons. The van der Waals surface area contributed by atoms with Crippen molar-refractivity contribution in [3.05, 3.63) is 55.0 Å². The quantitative estimate of drug-likeness (QED) is 0.252. The van der Waals surface area contributed by atoms with E-state index in [1.807, 2.05) is 43.3 Å². The molecule has 9 nitrogen and oxygen atoms in total. The van der Waals surface area contributed by atoms with Crippen molar-refractivity contribution in [2.24, 2.45) is 5.92 Å². The molecule has 10 heteroatoms. The monoisotopic (exact) mass is 489 g/mol. The molecule has 0 fully saturated rings. The third-order valence-electron chi connectivity index (χ3n) is 5.55. The van der Waals surface area contributed by atoms with Gasteiger partial charge < -0.3 is 15.5 Å². The molecule has 0 bridgehead atoms. The van der Waals surface area contributed by atoms with Crippen LogP contribution >= 0.6 is 11.3 Å². The number of hydrogen-bond acceptors (Lipinski definition) is 8. The largest absolute Gasteiger partial charge is 0.384 e. The fraction of sp³-hybridized carbons (Fsp3) is 0.280. The SMILES string of the molecule is CC[C@H](COC)C(=N)CCC(=O)Nc1cc(-c2nc(-c3ccccc3)c(-c3ncn[nH]3)s2)ccn1. The highest BCUT2D eigenvalue weighted by Crippen LogP contribution is 2.39. The molecule has 0 aliphatic rings. The van der Waals surface area contributed by atoms with Gasteiger partial charge in [-0.1, -0.05) is 37.3 Å². The summed E-state index contributed by atoms with van der Waals surface area (Å²) in [5.74, 6) is 0.951. The zero-order chi connectivity index (χ0) is 24.6. The minimum Gasteiger partial charge on any atom is -0.384 e. The molecule has 0 saturated heterocycles. The van der Waals surface area contributed by atoms with Crippen molar-refractivity contribution in [3.8, 4) is 32.5 Å². The lowest BCUT2D eigenvalue weighted by molar-refractivity contribution is -0.116. The van der Waals surface area contributed by atoms with Gasteiger partial charge in [0.1, 0.15) is 17.2 Å². The molecular weight excluding hydrogens is 462 g/mol. The normalized spacial score (nSPS) is 11.8. The standard InChI is InChI=1S/C25H27N7O2S/c1-3-16(14-34-2)19(26)9-10-21(33)30-20-13-18(11-12-27-20)25-31-22(17-7-5-4-6-8-17)23(35-25)24-28-15-29-32-24/h4-8,11-13,15-16,26H,3,9-10,14H2,1-2H3,(H,27,30,33)(H,28,29,32)/t16-/m1/s1. The van der Waals surface area contributed by atoms with Gasteiger partial charge in [0, 0.05) is 42.5 Å². The van der Waals surface area contributed by atoms with Gasteiger partial charge in [-0.05, 0) is 25.0 Å². The summed E-state index contributed by atoms with van der Waals surface area (Å²) in [6, 6.07) is 13.6. The highest BCUT2D eigenvalue weighted by atomic mass is 32.1. The fourth-order valence-corrected chi connectivity index (χ4v) is 4.70. The number of aromatic amines is 1. The van der Waals surface area contributed by atoms with Crippen LogP contribution in [-0.4, -0.2) is 50.5 Å². The topological polar surface area (TPSA) is 130 Å². The Morgan fingerprint density at radius 3 is 2.71 bits per heavy atom. The van der Waals surface area contributed by atoms with E-state index >= 15 is 0 Å². The van der Waals surface area contributed by atoms with E-state index in [4.69, 9.17) is 15.1 Å². The minimum atomic E-state index is -0.182. The number of thiazole rings is 1. The van der Waals surface area contributed by atoms with Crippen LogP contribution in [0, 0.1) is 11.3 Å². The molecule has 1 atom stereocenters. The van der Waals surface area contributed by atoms with Gasteiger partial charge in [-0.3, -0.25) is 9.89 Å². The summed E-state index contributed by atoms with van der Waals surface area (Å²) < 4.78 is 5.17. The number of benzene rings is 1. The summed E-state index contributed by atoms with van der Waals surface area (Å²) in [6.07, 6.45) is 4.54. The van der Waals surface area contributed by atoms with Gasteiger partial charge in [0.05, 0.1) is 17.2 Å². The average molecular weight is 490 g/mol. The van der Waals surface area contributed by atoms with Crippen molar-refractivity contribution in [1.29, 1.82) is 5.41 Å². The Kier molecular flexibility index (Phi) is 8.07. The Balaban J connectivity index is 1.51. The number of H-pyrrole nitrogens is 1. The summed E-state index contributed by atoms with van der Waals surface area (Å²) in [6.45, 7) is 2.51. The summed E-state index contributed by atoms with van der Waals surface area (Å²) in [5.41, 5.74) is 3.15. The van der Waals surface area contributed by atoms with Gasteiger partial charge >= 0.3 is 0 Å². The molecule has 3 aromatic heterocycles. The molecule has 180 valence electrons. The first-order chi connectivity index (χ1) is 17.1. The van der Waals surface area contributed by atoms with Gasteiger partial charge in [0.25, 0.3) is 0 Å². The van der Waals surface area contributed by atoms with Crippen LogP contribution in [0.1, 0.15) is 26.2 Å². The number of carbonyl (C=O) groups excluding carboxylic acids is 1. The number of hydrogen-bond donors (Lipinski definition) is 3. The fourth-order valence-electron chi connectivity index (χ4n) is 3.67. The third-order valence-corrected chi connectivity index (χ3v) is 6.66. The molecule has 1 amide bonds. The molecule has 0 aliphatic heterocycles. The van der Waals surface area contributed by atoms with E-state index in [9.17, 15) is 4.79 Å². The summed E-state index contributed by atoms with van der Waals surface area (Å²) in [7, 11) is 1.63. The average Bonchev–Trinajstić information content (AvgIpc) is 3.57. The molecule has 35 heavy (non-hydrogen) atoms. The first kappa shape index (κ1) is 24.4. The van der Waals surface area contributed by atoms with E-state index in [0.29, 0.717) is 30.4 Å². The van der Waals surface area contributed by atoms with Gasteiger partial charge in [-0.15, -0.1) is 11.3 Å². The predicted molar refractivity (Wildman–Crippen MR) is 137 cm³/mol. The Morgan fingerprint density at radius 1 is 1.17 bits per heavy atom. The van der Waals surface area contributed by atoms with E-state index in [2.05, 4.69) is 25.5 Å². The minimum absolute atomic E-state index is 0.0384. The molecule has 3 heterocycles. The Labute approximate surface area is 207 Å². The second kappa shape index (κ2) is 11.6. The number of anilines is 1. The molecule has 4 aromatic rings. The number of nitrogens with one attached hydrogen (secondary N) is 3. The van der Waals surface area contributed by atoms with Crippen LogP contribution in [0.15, 0.2) is 55.0 Å². The van der Waals surface area contributed by atoms with Crippen molar-refractivity contribution < 1.29 is 9.53 Å². The molecule has 0 saturated carbocycles. The first-order valence-electron chi connectivity index (χ1n) is 11.3. The van der Waals surface area contributed by atoms with Crippen LogP contribution in [-0.2, 0) is 9.53 Å². The Morgan fingerprint density at radius 2 is 2.00 bits per heavy atom. The van der Waals surface area contributed by atoms with E-state index in [1.54, 1.807) is 19.4 Å². The third kappa shape index (κ3) is 6.03. The molecule has 0 unspecified atom stereocenters. The number of amides is 1. The van der Waals surface area contributed by atoms with E-state index in [0.717, 1.165) is 33.1 Å². The van der Waals surface area contributed by atoms with Crippen LogP contribution < -0.4 is 5.32 Å². The van der Waals surface area contributed by atoms with Gasteiger partial charge in [0.15, 0.2) is 5.82 Å². The summed E-state index contributed by atoms with van der Waals surface area (Å²) in [5, 5.41) is 18.8. The van der Waals surface area contributed by atoms with Gasteiger partial charge in [0.2, 0.25) is 5.91 Å². The van der Waals surface area contributed by atoms with Crippen LogP contribution in [0.2, 0.25) is 0 Å². The molecule has 1 aromatic carbocycles. The number of pyridine rings is 1. The van der Waals surface area contributed by atoms with Gasteiger partial charge in [-0.2, -0.15) is 5.10 Å². The number of aromatic nitrogens is 5. The molecule has 3 N–H and O–H groups in total. The maximum atomic E-state index is 12.5. The highest BCUT2D eigenvalue weighted by Gasteiger charge is 2.19. The molecule has 0 spiro atoms. The van der Waals surface area contributed by atoms with Gasteiger partial charge in [-0.25, -0.2) is 15.0 Å². The van der Waals surface area contributed by atoms with Crippen molar-refractivity contribution in [2.75, 3.05) is 19.0 Å². The summed E-state index contributed by atoms with van der Waals surface area (Å²) >= 11 is 1.49. The number of nitrogens with zero attached hydrogens (tertiary/aromatic N) is 4. The Bertz CT molecular complexity index is 1270. The Hall–Kier alpha value is -3.76. The number of carbonyl (C=O) groups is 1. The first-order valence-corrected chi connectivity index (χ1v) is 12.1. The summed E-state index contributed by atoms with van der Waals surface area (Å²) in [4.78, 5) is 26.9. The van der Waals surface area contributed by atoms with Crippen molar-refractivity contribution in [1.82, 2.24) is 25.1 Å². The van der Waals surface area contributed by atoms with Crippen LogP contribution in [0.4, 0.5) is 5.82 Å². The lowest BCUT2D eigenvalue weighted by Gasteiger charge is -2.15. The number of methoxy groups -OCH3 is 1.